The Morgan fingerprint density at radius 3 is 2.33 bits per heavy atom. The molecule has 0 spiro atoms. The van der Waals surface area contributed by atoms with Crippen molar-refractivity contribution in [2.24, 2.45) is 5.73 Å². The molecule has 1 aliphatic carbocycles. The fourth-order valence-corrected chi connectivity index (χ4v) is 4.25. The first kappa shape index (κ1) is 29.5. The van der Waals surface area contributed by atoms with E-state index in [1.165, 1.54) is 4.90 Å². The normalized spacial score (nSPS) is 14.6. The molecule has 5 N–H and O–H groups in total. The number of aryl methyl sites for hydroxylation is 1. The van der Waals surface area contributed by atoms with E-state index in [2.05, 4.69) is 10.6 Å². The van der Waals surface area contributed by atoms with Crippen molar-refractivity contribution in [3.05, 3.63) is 65.2 Å². The zero-order valence-electron chi connectivity index (χ0n) is 22.9. The highest BCUT2D eigenvalue weighted by Crippen LogP contribution is 2.39. The number of hydrogen-bond acceptors (Lipinski definition) is 6. The van der Waals surface area contributed by atoms with E-state index in [0.29, 0.717) is 18.4 Å². The summed E-state index contributed by atoms with van der Waals surface area (Å²) in [4.78, 5) is 53.4. The van der Waals surface area contributed by atoms with Crippen molar-refractivity contribution in [3.63, 3.8) is 0 Å². The molecule has 0 aliphatic heterocycles. The third kappa shape index (κ3) is 8.46. The van der Waals surface area contributed by atoms with Crippen molar-refractivity contribution in [2.45, 2.75) is 83.6 Å². The number of nitrogens with zero attached hydrogens (tertiary/aromatic N) is 1. The molecule has 1 saturated carbocycles. The van der Waals surface area contributed by atoms with E-state index < -0.39 is 41.5 Å². The van der Waals surface area contributed by atoms with Crippen LogP contribution >= 0.6 is 0 Å². The number of carbonyl (C=O) groups is 4. The smallest absolute Gasteiger partial charge is 0.408 e. The Morgan fingerprint density at radius 1 is 1.08 bits per heavy atom. The monoisotopic (exact) mass is 538 g/mol. The van der Waals surface area contributed by atoms with Crippen molar-refractivity contribution in [1.82, 2.24) is 15.5 Å². The van der Waals surface area contributed by atoms with Crippen LogP contribution in [0.1, 0.15) is 69.2 Å². The number of primary amides is 1. The first-order chi connectivity index (χ1) is 18.4. The molecule has 1 fully saturated rings. The zero-order chi connectivity index (χ0) is 28.7. The molecule has 2 unspecified atom stereocenters. The highest BCUT2D eigenvalue weighted by Gasteiger charge is 2.45. The number of ether oxygens (including phenoxy) is 1. The van der Waals surface area contributed by atoms with Crippen LogP contribution in [0.25, 0.3) is 0 Å². The molecule has 0 bridgehead atoms. The Morgan fingerprint density at radius 2 is 1.74 bits per heavy atom. The molecule has 10 nitrogen and oxygen atoms in total. The van der Waals surface area contributed by atoms with Gasteiger partial charge in [0.25, 0.3) is 0 Å². The SMILES string of the molecule is Cc1cccc(C(C(=O)NCc2ccccc2)N(C(=O)C(CCC(N)=O)NC(=O)OC(C)(C)C)C2CC2)c1O. The second-order valence-corrected chi connectivity index (χ2v) is 10.8. The number of para-hydroxylation sites is 1. The van der Waals surface area contributed by atoms with E-state index in [4.69, 9.17) is 10.5 Å². The van der Waals surface area contributed by atoms with Crippen LogP contribution in [-0.4, -0.2) is 51.5 Å². The Balaban J connectivity index is 1.98. The third-order valence-corrected chi connectivity index (χ3v) is 6.26. The maximum Gasteiger partial charge on any atom is 0.408 e. The number of benzene rings is 2. The van der Waals surface area contributed by atoms with Crippen LogP contribution in [0, 0.1) is 6.92 Å². The minimum absolute atomic E-state index is 0.0746. The van der Waals surface area contributed by atoms with Crippen LogP contribution in [0.15, 0.2) is 48.5 Å². The van der Waals surface area contributed by atoms with Crippen molar-refractivity contribution >= 4 is 23.8 Å². The van der Waals surface area contributed by atoms with Crippen LogP contribution < -0.4 is 16.4 Å². The summed E-state index contributed by atoms with van der Waals surface area (Å²) in [5.41, 5.74) is 6.22. The first-order valence-corrected chi connectivity index (χ1v) is 13.1. The topological polar surface area (TPSA) is 151 Å². The Hall–Kier alpha value is -4.08. The number of hydrogen-bond donors (Lipinski definition) is 4. The summed E-state index contributed by atoms with van der Waals surface area (Å²) in [5.74, 6) is -1.77. The summed E-state index contributed by atoms with van der Waals surface area (Å²) in [7, 11) is 0. The van der Waals surface area contributed by atoms with E-state index in [9.17, 15) is 24.3 Å². The van der Waals surface area contributed by atoms with Gasteiger partial charge in [-0.05, 0) is 58.1 Å². The van der Waals surface area contributed by atoms with Gasteiger partial charge in [-0.25, -0.2) is 4.79 Å². The Kier molecular flexibility index (Phi) is 9.56. The van der Waals surface area contributed by atoms with Crippen LogP contribution in [0.3, 0.4) is 0 Å². The second kappa shape index (κ2) is 12.6. The number of rotatable bonds is 11. The molecular formula is C29H38N4O6. The van der Waals surface area contributed by atoms with Crippen LogP contribution in [-0.2, 0) is 25.7 Å². The molecule has 1 aliphatic rings. The summed E-state index contributed by atoms with van der Waals surface area (Å²) in [6.45, 7) is 7.00. The molecule has 3 rings (SSSR count). The van der Waals surface area contributed by atoms with E-state index in [1.54, 1.807) is 45.9 Å². The highest BCUT2D eigenvalue weighted by molar-refractivity contribution is 5.93. The van der Waals surface area contributed by atoms with Crippen molar-refractivity contribution in [2.75, 3.05) is 0 Å². The number of phenolic OH excluding ortho intramolecular Hbond substituents is 1. The number of carbonyl (C=O) groups excluding carboxylic acids is 4. The molecule has 0 aromatic heterocycles. The van der Waals surface area contributed by atoms with Crippen molar-refractivity contribution < 1.29 is 29.0 Å². The zero-order valence-corrected chi connectivity index (χ0v) is 22.9. The number of amides is 4. The van der Waals surface area contributed by atoms with Gasteiger partial charge in [0, 0.05) is 24.6 Å². The van der Waals surface area contributed by atoms with Gasteiger partial charge in [-0.1, -0.05) is 48.5 Å². The second-order valence-electron chi connectivity index (χ2n) is 10.8. The van der Waals surface area contributed by atoms with Gasteiger partial charge in [-0.15, -0.1) is 0 Å². The summed E-state index contributed by atoms with van der Waals surface area (Å²) in [6.07, 6.45) is 0.232. The maximum absolute atomic E-state index is 14.1. The van der Waals surface area contributed by atoms with E-state index in [0.717, 1.165) is 5.56 Å². The quantitative estimate of drug-likeness (QED) is 0.345. The minimum atomic E-state index is -1.18. The molecule has 39 heavy (non-hydrogen) atoms. The summed E-state index contributed by atoms with van der Waals surface area (Å²) < 4.78 is 5.34. The molecule has 0 saturated heterocycles. The lowest BCUT2D eigenvalue weighted by molar-refractivity contribution is -0.143. The maximum atomic E-state index is 14.1. The predicted molar refractivity (Wildman–Crippen MR) is 145 cm³/mol. The molecule has 2 aromatic rings. The third-order valence-electron chi connectivity index (χ3n) is 6.26. The van der Waals surface area contributed by atoms with E-state index in [1.807, 2.05) is 30.3 Å². The van der Waals surface area contributed by atoms with Gasteiger partial charge in [0.2, 0.25) is 17.7 Å². The lowest BCUT2D eigenvalue weighted by Gasteiger charge is -2.35. The van der Waals surface area contributed by atoms with Gasteiger partial charge >= 0.3 is 6.09 Å². The average Bonchev–Trinajstić information content (AvgIpc) is 3.70. The molecule has 4 amide bonds. The van der Waals surface area contributed by atoms with Gasteiger partial charge in [-0.3, -0.25) is 14.4 Å². The summed E-state index contributed by atoms with van der Waals surface area (Å²) in [6, 6.07) is 11.7. The molecule has 0 radical (unpaired) electrons. The van der Waals surface area contributed by atoms with Gasteiger partial charge in [-0.2, -0.15) is 0 Å². The molecule has 2 atom stereocenters. The number of nitrogens with two attached hydrogens (primary N) is 1. The van der Waals surface area contributed by atoms with Crippen LogP contribution in [0.4, 0.5) is 4.79 Å². The summed E-state index contributed by atoms with van der Waals surface area (Å²) >= 11 is 0. The lowest BCUT2D eigenvalue weighted by atomic mass is 9.98. The standard InChI is InChI=1S/C29H38N4O6/c1-18-9-8-12-21(25(18)35)24(26(36)31-17-19-10-6-5-7-11-19)33(20-13-14-20)27(37)22(15-16-23(30)34)32-28(38)39-29(2,3)4/h5-12,20,22,24,35H,13-17H2,1-4H3,(H2,30,34)(H,31,36)(H,32,38). The Bertz CT molecular complexity index is 1190. The fraction of sp³-hybridized carbons (Fsp3) is 0.448. The highest BCUT2D eigenvalue weighted by atomic mass is 16.6. The van der Waals surface area contributed by atoms with Crippen LogP contribution in [0.2, 0.25) is 0 Å². The van der Waals surface area contributed by atoms with E-state index in [-0.39, 0.29) is 36.7 Å². The predicted octanol–water partition coefficient (Wildman–Crippen LogP) is 3.21. The molecule has 2 aromatic carbocycles. The lowest BCUT2D eigenvalue weighted by Crippen LogP contribution is -2.54. The van der Waals surface area contributed by atoms with Crippen molar-refractivity contribution in [1.29, 1.82) is 0 Å². The van der Waals surface area contributed by atoms with Crippen molar-refractivity contribution in [3.8, 4) is 5.75 Å². The number of aromatic hydroxyl groups is 1. The van der Waals surface area contributed by atoms with E-state index >= 15 is 0 Å². The molecule has 10 heteroatoms. The molecular weight excluding hydrogens is 500 g/mol. The number of alkyl carbamates (subject to hydrolysis) is 1. The van der Waals surface area contributed by atoms with Crippen LogP contribution in [0.5, 0.6) is 5.75 Å². The number of phenols is 1. The van der Waals surface area contributed by atoms with Gasteiger partial charge < -0.3 is 31.1 Å². The Labute approximate surface area is 228 Å². The molecule has 210 valence electrons. The first-order valence-electron chi connectivity index (χ1n) is 13.1. The fourth-order valence-electron chi connectivity index (χ4n) is 4.25. The minimum Gasteiger partial charge on any atom is -0.507 e. The largest absolute Gasteiger partial charge is 0.507 e. The van der Waals surface area contributed by atoms with Gasteiger partial charge in [0.15, 0.2) is 0 Å². The number of nitrogens with one attached hydrogen (secondary N) is 2. The summed E-state index contributed by atoms with van der Waals surface area (Å²) in [5, 5.41) is 16.4. The van der Waals surface area contributed by atoms with Gasteiger partial charge in [0.05, 0.1) is 0 Å². The average molecular weight is 539 g/mol. The van der Waals surface area contributed by atoms with Gasteiger partial charge in [0.1, 0.15) is 23.4 Å². The molecule has 0 heterocycles.